The molecule has 1 aromatic carbocycles. The maximum atomic E-state index is 11.0. The second-order valence-corrected chi connectivity index (χ2v) is 3.27. The minimum absolute atomic E-state index is 0.00657. The van der Waals surface area contributed by atoms with Gasteiger partial charge in [-0.1, -0.05) is 12.1 Å². The topological polar surface area (TPSA) is 29.1 Å². The number of halogens is 1. The molecule has 1 amide bonds. The van der Waals surface area contributed by atoms with Crippen molar-refractivity contribution in [1.82, 2.24) is 0 Å². The lowest BCUT2D eigenvalue weighted by Gasteiger charge is -2.07. The molecule has 0 spiro atoms. The molecular weight excluding hydrogens is 186 g/mol. The number of benzene rings is 1. The van der Waals surface area contributed by atoms with Gasteiger partial charge in [-0.25, -0.2) is 0 Å². The van der Waals surface area contributed by atoms with Gasteiger partial charge >= 0.3 is 0 Å². The predicted molar refractivity (Wildman–Crippen MR) is 55.3 cm³/mol. The summed E-state index contributed by atoms with van der Waals surface area (Å²) < 4.78 is 0. The molecule has 0 bridgehead atoms. The molecule has 1 aromatic rings. The summed E-state index contributed by atoms with van der Waals surface area (Å²) in [6.07, 6.45) is 0. The minimum Gasteiger partial charge on any atom is -0.325 e. The standard InChI is InChI=1S/C10H12ClNO/c1-7-3-4-8(2)9(5-7)12-10(13)6-11/h3-5H,6H2,1-2H3,(H,12,13). The Bertz CT molecular complexity index is 323. The van der Waals surface area contributed by atoms with Crippen LogP contribution in [0.15, 0.2) is 18.2 Å². The molecule has 0 fully saturated rings. The third kappa shape index (κ3) is 2.74. The van der Waals surface area contributed by atoms with Crippen LogP contribution in [0, 0.1) is 13.8 Å². The van der Waals surface area contributed by atoms with Crippen molar-refractivity contribution in [3.05, 3.63) is 29.3 Å². The summed E-state index contributed by atoms with van der Waals surface area (Å²) in [6.45, 7) is 3.93. The maximum Gasteiger partial charge on any atom is 0.239 e. The molecule has 0 aliphatic carbocycles. The van der Waals surface area contributed by atoms with Crippen molar-refractivity contribution < 1.29 is 4.79 Å². The predicted octanol–water partition coefficient (Wildman–Crippen LogP) is 2.48. The molecule has 1 rings (SSSR count). The van der Waals surface area contributed by atoms with E-state index in [0.717, 1.165) is 16.8 Å². The number of anilines is 1. The Labute approximate surface area is 82.9 Å². The van der Waals surface area contributed by atoms with Crippen LogP contribution < -0.4 is 5.32 Å². The molecule has 0 saturated carbocycles. The normalized spacial score (nSPS) is 9.77. The highest BCUT2D eigenvalue weighted by molar-refractivity contribution is 6.29. The van der Waals surface area contributed by atoms with Gasteiger partial charge in [0.05, 0.1) is 0 Å². The summed E-state index contributed by atoms with van der Waals surface area (Å²) in [4.78, 5) is 11.0. The molecule has 0 heterocycles. The second-order valence-electron chi connectivity index (χ2n) is 3.00. The molecule has 70 valence electrons. The van der Waals surface area contributed by atoms with Crippen molar-refractivity contribution in [2.45, 2.75) is 13.8 Å². The lowest BCUT2D eigenvalue weighted by atomic mass is 10.1. The molecule has 13 heavy (non-hydrogen) atoms. The van der Waals surface area contributed by atoms with Crippen LogP contribution in [0.5, 0.6) is 0 Å². The van der Waals surface area contributed by atoms with Crippen LogP contribution in [-0.4, -0.2) is 11.8 Å². The first-order valence-corrected chi connectivity index (χ1v) is 4.60. The van der Waals surface area contributed by atoms with Crippen LogP contribution in [0.2, 0.25) is 0 Å². The minimum atomic E-state index is -0.171. The lowest BCUT2D eigenvalue weighted by molar-refractivity contribution is -0.113. The zero-order valence-corrected chi connectivity index (χ0v) is 8.48. The van der Waals surface area contributed by atoms with E-state index in [4.69, 9.17) is 11.6 Å². The van der Waals surface area contributed by atoms with E-state index in [1.807, 2.05) is 32.0 Å². The molecule has 0 atom stereocenters. The average molecular weight is 198 g/mol. The quantitative estimate of drug-likeness (QED) is 0.726. The highest BCUT2D eigenvalue weighted by Crippen LogP contribution is 2.15. The van der Waals surface area contributed by atoms with Crippen molar-refractivity contribution in [2.24, 2.45) is 0 Å². The number of carbonyl (C=O) groups is 1. The Morgan fingerprint density at radius 1 is 1.46 bits per heavy atom. The van der Waals surface area contributed by atoms with Crippen LogP contribution in [-0.2, 0) is 4.79 Å². The Kier molecular flexibility index (Phi) is 3.32. The number of nitrogens with one attached hydrogen (secondary N) is 1. The van der Waals surface area contributed by atoms with Gasteiger partial charge in [-0.15, -0.1) is 11.6 Å². The van der Waals surface area contributed by atoms with Gasteiger partial charge < -0.3 is 5.32 Å². The summed E-state index contributed by atoms with van der Waals surface area (Å²) in [5.41, 5.74) is 3.00. The summed E-state index contributed by atoms with van der Waals surface area (Å²) in [5, 5.41) is 2.73. The van der Waals surface area contributed by atoms with E-state index in [9.17, 15) is 4.79 Å². The molecule has 1 N–H and O–H groups in total. The van der Waals surface area contributed by atoms with E-state index in [-0.39, 0.29) is 11.8 Å². The van der Waals surface area contributed by atoms with E-state index in [1.54, 1.807) is 0 Å². The number of amides is 1. The van der Waals surface area contributed by atoms with Crippen molar-refractivity contribution in [2.75, 3.05) is 11.2 Å². The fourth-order valence-corrected chi connectivity index (χ4v) is 1.12. The van der Waals surface area contributed by atoms with Crippen molar-refractivity contribution >= 4 is 23.2 Å². The first-order valence-electron chi connectivity index (χ1n) is 4.06. The molecule has 0 saturated heterocycles. The maximum absolute atomic E-state index is 11.0. The van der Waals surface area contributed by atoms with E-state index in [1.165, 1.54) is 0 Å². The van der Waals surface area contributed by atoms with Gasteiger partial charge in [-0.05, 0) is 31.0 Å². The van der Waals surface area contributed by atoms with E-state index in [2.05, 4.69) is 5.32 Å². The zero-order valence-electron chi connectivity index (χ0n) is 7.73. The molecule has 0 aliphatic heterocycles. The molecule has 2 nitrogen and oxygen atoms in total. The smallest absolute Gasteiger partial charge is 0.239 e. The van der Waals surface area contributed by atoms with E-state index < -0.39 is 0 Å². The lowest BCUT2D eigenvalue weighted by Crippen LogP contribution is -2.13. The molecule has 0 aliphatic rings. The molecule has 3 heteroatoms. The van der Waals surface area contributed by atoms with Gasteiger partial charge in [0.2, 0.25) is 5.91 Å². The monoisotopic (exact) mass is 197 g/mol. The number of hydrogen-bond donors (Lipinski definition) is 1. The van der Waals surface area contributed by atoms with Gasteiger partial charge in [-0.3, -0.25) is 4.79 Å². The first-order chi connectivity index (χ1) is 6.13. The third-order valence-electron chi connectivity index (χ3n) is 1.79. The Balaban J connectivity index is 2.87. The fraction of sp³-hybridized carbons (Fsp3) is 0.300. The van der Waals surface area contributed by atoms with Gasteiger partial charge in [0.1, 0.15) is 5.88 Å². The molecule has 0 radical (unpaired) electrons. The number of carbonyl (C=O) groups excluding carboxylic acids is 1. The highest BCUT2D eigenvalue weighted by Gasteiger charge is 2.02. The SMILES string of the molecule is Cc1ccc(C)c(NC(=O)CCl)c1. The van der Waals surface area contributed by atoms with E-state index >= 15 is 0 Å². The average Bonchev–Trinajstić information content (AvgIpc) is 2.11. The van der Waals surface area contributed by atoms with Crippen LogP contribution in [0.1, 0.15) is 11.1 Å². The van der Waals surface area contributed by atoms with Gasteiger partial charge in [-0.2, -0.15) is 0 Å². The van der Waals surface area contributed by atoms with Gasteiger partial charge in [0, 0.05) is 5.69 Å². The fourth-order valence-electron chi connectivity index (χ4n) is 1.05. The number of aryl methyl sites for hydroxylation is 2. The number of hydrogen-bond acceptors (Lipinski definition) is 1. The summed E-state index contributed by atoms with van der Waals surface area (Å²) >= 11 is 5.38. The molecule has 0 aromatic heterocycles. The molecule has 0 unspecified atom stereocenters. The van der Waals surface area contributed by atoms with Crippen LogP contribution >= 0.6 is 11.6 Å². The number of alkyl halides is 1. The summed E-state index contributed by atoms with van der Waals surface area (Å²) in [5.74, 6) is -0.178. The van der Waals surface area contributed by atoms with E-state index in [0.29, 0.717) is 0 Å². The Morgan fingerprint density at radius 2 is 2.15 bits per heavy atom. The Morgan fingerprint density at radius 3 is 2.77 bits per heavy atom. The Hall–Kier alpha value is -1.02. The summed E-state index contributed by atoms with van der Waals surface area (Å²) in [7, 11) is 0. The highest BCUT2D eigenvalue weighted by atomic mass is 35.5. The first kappa shape index (κ1) is 10.1. The summed E-state index contributed by atoms with van der Waals surface area (Å²) in [6, 6.07) is 5.91. The van der Waals surface area contributed by atoms with Gasteiger partial charge in [0.15, 0.2) is 0 Å². The van der Waals surface area contributed by atoms with Gasteiger partial charge in [0.25, 0.3) is 0 Å². The largest absolute Gasteiger partial charge is 0.325 e. The van der Waals surface area contributed by atoms with Crippen LogP contribution in [0.3, 0.4) is 0 Å². The third-order valence-corrected chi connectivity index (χ3v) is 2.03. The zero-order chi connectivity index (χ0) is 9.84. The van der Waals surface area contributed by atoms with Crippen LogP contribution in [0.25, 0.3) is 0 Å². The van der Waals surface area contributed by atoms with Crippen molar-refractivity contribution in [1.29, 1.82) is 0 Å². The molecular formula is C10H12ClNO. The second kappa shape index (κ2) is 4.28. The number of rotatable bonds is 2. The van der Waals surface area contributed by atoms with Crippen molar-refractivity contribution in [3.8, 4) is 0 Å². The van der Waals surface area contributed by atoms with Crippen molar-refractivity contribution in [3.63, 3.8) is 0 Å². The van der Waals surface area contributed by atoms with Crippen LogP contribution in [0.4, 0.5) is 5.69 Å².